The second-order valence-corrected chi connectivity index (χ2v) is 1.52. The average molecular weight is 460 g/mol. The zero-order chi connectivity index (χ0) is 7.07. The number of rotatable bonds is 0. The van der Waals surface area contributed by atoms with Crippen LogP contribution in [-0.4, -0.2) is 19.9 Å². The number of halogens is 4. The molecule has 0 saturated heterocycles. The highest BCUT2D eigenvalue weighted by molar-refractivity contribution is 8.93. The summed E-state index contributed by atoms with van der Waals surface area (Å²) < 4.78 is 0. The highest BCUT2D eigenvalue weighted by Crippen LogP contribution is 1.63. The van der Waals surface area contributed by atoms with E-state index in [0.29, 0.717) is 0 Å². The van der Waals surface area contributed by atoms with Crippen LogP contribution in [0.15, 0.2) is 37.4 Å². The fourth-order valence-corrected chi connectivity index (χ4v) is 0.430. The summed E-state index contributed by atoms with van der Waals surface area (Å²) in [6, 6.07) is 0. The van der Waals surface area contributed by atoms with Gasteiger partial charge in [0.1, 0.15) is 0 Å². The maximum absolute atomic E-state index is 3.67. The Balaban J connectivity index is -0.0000000556. The summed E-state index contributed by atoms with van der Waals surface area (Å²) in [6.07, 6.45) is 10.2. The molecule has 2 heterocycles. The van der Waals surface area contributed by atoms with E-state index in [4.69, 9.17) is 0 Å². The molecule has 0 unspecified atom stereocenters. The van der Waals surface area contributed by atoms with Gasteiger partial charge in [0.05, 0.1) is 12.7 Å². The predicted octanol–water partition coefficient (Wildman–Crippen LogP) is 3.13. The Morgan fingerprint density at radius 2 is 1.00 bits per heavy atom. The van der Waals surface area contributed by atoms with Crippen LogP contribution in [0.1, 0.15) is 0 Å². The van der Waals surface area contributed by atoms with Gasteiger partial charge in [0, 0.05) is 24.8 Å². The summed E-state index contributed by atoms with van der Waals surface area (Å²) in [6.45, 7) is 0. The Hall–Kier alpha value is 0.340. The minimum Gasteiger partial charge on any atom is -0.351 e. The molecular weight excluding hydrogens is 448 g/mol. The standard InChI is InChI=1S/2C3H4N2.4BrH/c2*1-2-5-3-4-1;;;;/h2*1-3H,(H,4,5);4*1H. The molecule has 0 spiro atoms. The predicted molar refractivity (Wildman–Crippen MR) is 78.5 cm³/mol. The zero-order valence-corrected chi connectivity index (χ0v) is 13.8. The second kappa shape index (κ2) is 19.0. The SMILES string of the molecule is Br.Br.Br.Br.c1c[nH]cn1.c1c[nH]cn1. The minimum absolute atomic E-state index is 0. The lowest BCUT2D eigenvalue weighted by molar-refractivity contribution is 1.31. The molecule has 8 heteroatoms. The average Bonchev–Trinajstić information content (AvgIpc) is 2.67. The molecule has 84 valence electrons. The molecule has 4 nitrogen and oxygen atoms in total. The molecule has 0 amide bonds. The number of hydrogen-bond donors (Lipinski definition) is 2. The van der Waals surface area contributed by atoms with Crippen molar-refractivity contribution in [2.75, 3.05) is 0 Å². The summed E-state index contributed by atoms with van der Waals surface area (Å²) in [4.78, 5) is 12.8. The third kappa shape index (κ3) is 14.8. The molecule has 0 fully saturated rings. The lowest BCUT2D eigenvalue weighted by Crippen LogP contribution is -1.44. The van der Waals surface area contributed by atoms with E-state index in [1.165, 1.54) is 0 Å². The largest absolute Gasteiger partial charge is 0.351 e. The first kappa shape index (κ1) is 23.9. The van der Waals surface area contributed by atoms with Crippen molar-refractivity contribution in [1.29, 1.82) is 0 Å². The molecule has 0 aliphatic heterocycles. The molecule has 0 aromatic carbocycles. The van der Waals surface area contributed by atoms with Gasteiger partial charge in [-0.05, 0) is 0 Å². The highest BCUT2D eigenvalue weighted by atomic mass is 79.9. The first-order valence-corrected chi connectivity index (χ1v) is 2.85. The van der Waals surface area contributed by atoms with Crippen molar-refractivity contribution in [2.45, 2.75) is 0 Å². The Morgan fingerprint density at radius 1 is 0.643 bits per heavy atom. The van der Waals surface area contributed by atoms with Gasteiger partial charge in [-0.25, -0.2) is 9.97 Å². The van der Waals surface area contributed by atoms with Crippen molar-refractivity contribution in [2.24, 2.45) is 0 Å². The molecule has 0 saturated carbocycles. The lowest BCUT2D eigenvalue weighted by atomic mass is 11.0. The van der Waals surface area contributed by atoms with E-state index in [1.54, 1.807) is 37.4 Å². The van der Waals surface area contributed by atoms with Crippen LogP contribution in [0, 0.1) is 0 Å². The van der Waals surface area contributed by atoms with Gasteiger partial charge >= 0.3 is 0 Å². The third-order valence-corrected chi connectivity index (χ3v) is 0.812. The van der Waals surface area contributed by atoms with Crippen LogP contribution in [0.25, 0.3) is 0 Å². The first-order chi connectivity index (χ1) is 5.00. The van der Waals surface area contributed by atoms with E-state index in [1.807, 2.05) is 0 Å². The molecule has 14 heavy (non-hydrogen) atoms. The molecule has 2 aromatic rings. The Labute approximate surface area is 124 Å². The molecular formula is C6H12Br4N4. The van der Waals surface area contributed by atoms with E-state index >= 15 is 0 Å². The fraction of sp³-hybridized carbons (Fsp3) is 0. The molecule has 0 radical (unpaired) electrons. The highest BCUT2D eigenvalue weighted by Gasteiger charge is 1.56. The number of hydrogen-bond acceptors (Lipinski definition) is 2. The van der Waals surface area contributed by atoms with Crippen molar-refractivity contribution in [3.05, 3.63) is 37.4 Å². The summed E-state index contributed by atoms with van der Waals surface area (Å²) in [5, 5.41) is 0. The smallest absolute Gasteiger partial charge is 0.0919 e. The van der Waals surface area contributed by atoms with Gasteiger partial charge in [-0.15, -0.1) is 67.9 Å². The van der Waals surface area contributed by atoms with Crippen LogP contribution in [0.4, 0.5) is 0 Å². The first-order valence-electron chi connectivity index (χ1n) is 2.85. The number of nitrogens with one attached hydrogen (secondary N) is 2. The van der Waals surface area contributed by atoms with Crippen LogP contribution < -0.4 is 0 Å². The monoisotopic (exact) mass is 456 g/mol. The quantitative estimate of drug-likeness (QED) is 0.636. The summed E-state index contributed by atoms with van der Waals surface area (Å²) in [7, 11) is 0. The van der Waals surface area contributed by atoms with Gasteiger partial charge in [0.15, 0.2) is 0 Å². The Morgan fingerprint density at radius 3 is 1.07 bits per heavy atom. The Bertz CT molecular complexity index is 161. The van der Waals surface area contributed by atoms with Crippen LogP contribution in [-0.2, 0) is 0 Å². The number of nitrogens with zero attached hydrogens (tertiary/aromatic N) is 2. The maximum atomic E-state index is 3.67. The van der Waals surface area contributed by atoms with Crippen molar-refractivity contribution < 1.29 is 0 Å². The molecule has 2 aromatic heterocycles. The van der Waals surface area contributed by atoms with Gasteiger partial charge < -0.3 is 9.97 Å². The van der Waals surface area contributed by atoms with Crippen molar-refractivity contribution in [1.82, 2.24) is 19.9 Å². The molecule has 0 atom stereocenters. The van der Waals surface area contributed by atoms with Crippen LogP contribution in [0.3, 0.4) is 0 Å². The maximum Gasteiger partial charge on any atom is 0.0919 e. The zero-order valence-electron chi connectivity index (χ0n) is 6.99. The number of imidazole rings is 2. The number of aromatic nitrogens is 4. The van der Waals surface area contributed by atoms with Gasteiger partial charge in [0.2, 0.25) is 0 Å². The van der Waals surface area contributed by atoms with Crippen LogP contribution >= 0.6 is 67.9 Å². The summed E-state index contributed by atoms with van der Waals surface area (Å²) in [5.74, 6) is 0. The van der Waals surface area contributed by atoms with E-state index in [0.717, 1.165) is 0 Å². The van der Waals surface area contributed by atoms with Gasteiger partial charge in [-0.3, -0.25) is 0 Å². The van der Waals surface area contributed by atoms with E-state index in [2.05, 4.69) is 19.9 Å². The normalized spacial score (nSPS) is 5.71. The molecule has 0 aliphatic carbocycles. The topological polar surface area (TPSA) is 57.4 Å². The molecule has 0 bridgehead atoms. The number of H-pyrrole nitrogens is 2. The Kier molecular flexibility index (Phi) is 32.4. The van der Waals surface area contributed by atoms with Gasteiger partial charge in [-0.1, -0.05) is 0 Å². The fourth-order valence-electron chi connectivity index (χ4n) is 0.430. The van der Waals surface area contributed by atoms with Crippen LogP contribution in [0.5, 0.6) is 0 Å². The van der Waals surface area contributed by atoms with Crippen LogP contribution in [0.2, 0.25) is 0 Å². The lowest BCUT2D eigenvalue weighted by Gasteiger charge is -1.46. The molecule has 0 aliphatic rings. The summed E-state index contributed by atoms with van der Waals surface area (Å²) in [5.41, 5.74) is 0. The molecule has 2 rings (SSSR count). The van der Waals surface area contributed by atoms with E-state index in [9.17, 15) is 0 Å². The minimum atomic E-state index is 0. The third-order valence-electron chi connectivity index (χ3n) is 0.812. The van der Waals surface area contributed by atoms with Gasteiger partial charge in [0.25, 0.3) is 0 Å². The van der Waals surface area contributed by atoms with Crippen molar-refractivity contribution in [3.63, 3.8) is 0 Å². The van der Waals surface area contributed by atoms with E-state index < -0.39 is 0 Å². The van der Waals surface area contributed by atoms with Crippen molar-refractivity contribution >= 4 is 67.9 Å². The number of aromatic amines is 2. The van der Waals surface area contributed by atoms with Gasteiger partial charge in [-0.2, -0.15) is 0 Å². The van der Waals surface area contributed by atoms with Crippen molar-refractivity contribution in [3.8, 4) is 0 Å². The summed E-state index contributed by atoms with van der Waals surface area (Å²) >= 11 is 0. The molecule has 2 N–H and O–H groups in total. The van der Waals surface area contributed by atoms with E-state index in [-0.39, 0.29) is 67.9 Å². The second-order valence-electron chi connectivity index (χ2n) is 1.52.